The van der Waals surface area contributed by atoms with Gasteiger partial charge in [-0.05, 0) is 62.9 Å². The third-order valence-corrected chi connectivity index (χ3v) is 20.0. The minimum Gasteiger partial charge on any atom is -0.0587 e. The second-order valence-electron chi connectivity index (χ2n) is 22.8. The van der Waals surface area contributed by atoms with Crippen LogP contribution in [-0.4, -0.2) is 100 Å². The molecule has 0 aromatic rings. The van der Waals surface area contributed by atoms with Crippen molar-refractivity contribution in [2.75, 3.05) is 31.1 Å². The fourth-order valence-electron chi connectivity index (χ4n) is 13.8. The van der Waals surface area contributed by atoms with E-state index in [2.05, 4.69) is 55.5 Å². The molecule has 7 atom stereocenters. The number of rotatable bonds is 15. The Morgan fingerprint density at radius 2 is 1.49 bits per heavy atom. The average Bonchev–Trinajstić information content (AvgIpc) is 3.63. The van der Waals surface area contributed by atoms with E-state index in [1.807, 2.05) is 20.8 Å². The van der Waals surface area contributed by atoms with Crippen molar-refractivity contribution in [2.45, 2.75) is 207 Å². The van der Waals surface area contributed by atoms with Crippen LogP contribution >= 0.6 is 0 Å². The number of hydrogen-bond donors (Lipinski definition) is 3. The molecule has 344 valence electrons. The van der Waals surface area contributed by atoms with Crippen molar-refractivity contribution in [3.63, 3.8) is 0 Å². The van der Waals surface area contributed by atoms with Gasteiger partial charge in [0.05, 0.1) is 6.04 Å². The van der Waals surface area contributed by atoms with Crippen molar-refractivity contribution < 1.29 is 28.0 Å². The first-order valence-corrected chi connectivity index (χ1v) is 26.1. The summed E-state index contributed by atoms with van der Waals surface area (Å²) in [5, 5.41) is 9.75. The van der Waals surface area contributed by atoms with Gasteiger partial charge in [0.25, 0.3) is 0 Å². The molecule has 11 nitrogen and oxygen atoms in total. The van der Waals surface area contributed by atoms with E-state index >= 15 is 9.59 Å². The van der Waals surface area contributed by atoms with Gasteiger partial charge in [0.2, 0.25) is 11.8 Å². The second-order valence-corrected chi connectivity index (χ2v) is 24.4. The number of carbonyl (C=O) groups is 5. The standard InChI is InChI=1S/C49H81N5O6S/c1-9-46(8)31-49(46,37(55)24-17-28-61(60)30-33-19-14-15-20-33)52-41(57)36-29-48(45(6,7)47(48)25-18-26-47)32-54(36)43(59)39(44(3,4)5)51-42(58)38(34-21-12-11-13-22-34)50-40(56)35-23-16-27-53(35)10-2/h33-36,38-39H,9-32H2,1-8H3,(H,50,56)(H,51,58)(H,52,57). The van der Waals surface area contributed by atoms with E-state index in [0.29, 0.717) is 37.5 Å². The predicted octanol–water partition coefficient (Wildman–Crippen LogP) is 7.04. The van der Waals surface area contributed by atoms with Crippen LogP contribution in [0.25, 0.3) is 0 Å². The van der Waals surface area contributed by atoms with Crippen molar-refractivity contribution in [1.82, 2.24) is 25.8 Å². The number of amides is 4. The average molecular weight is 868 g/mol. The summed E-state index contributed by atoms with van der Waals surface area (Å²) in [6.45, 7) is 18.8. The third kappa shape index (κ3) is 8.36. The normalized spacial score (nSPS) is 33.1. The molecule has 12 heteroatoms. The van der Waals surface area contributed by atoms with E-state index < -0.39 is 45.1 Å². The van der Waals surface area contributed by atoms with Crippen molar-refractivity contribution in [3.8, 4) is 0 Å². The van der Waals surface area contributed by atoms with E-state index in [9.17, 15) is 18.4 Å². The number of hydrogen-bond acceptors (Lipinski definition) is 7. The van der Waals surface area contributed by atoms with Gasteiger partial charge in [-0.3, -0.25) is 14.5 Å². The molecule has 0 aromatic heterocycles. The molecule has 0 aromatic carbocycles. The molecule has 2 spiro atoms. The van der Waals surface area contributed by atoms with Crippen LogP contribution in [0, 0.1) is 38.9 Å². The summed E-state index contributed by atoms with van der Waals surface area (Å²) < 4.78 is 13.0. The third-order valence-electron chi connectivity index (χ3n) is 18.4. The van der Waals surface area contributed by atoms with Crippen molar-refractivity contribution in [3.05, 3.63) is 0 Å². The summed E-state index contributed by atoms with van der Waals surface area (Å²) in [5.41, 5.74) is -2.33. The molecule has 3 N–H and O–H groups in total. The molecule has 7 fully saturated rings. The van der Waals surface area contributed by atoms with Gasteiger partial charge in [0.1, 0.15) is 6.04 Å². The molecule has 7 aliphatic rings. The van der Waals surface area contributed by atoms with Crippen LogP contribution in [0.2, 0.25) is 0 Å². The number of nitrogens with one attached hydrogen (secondary N) is 3. The fraction of sp³-hybridized carbons (Fsp3) is 0.898. The minimum atomic E-state index is -1.01. The van der Waals surface area contributed by atoms with E-state index in [1.165, 1.54) is 12.8 Å². The number of nitrogens with zero attached hydrogens (tertiary/aromatic N) is 2. The first-order chi connectivity index (χ1) is 28.8. The van der Waals surface area contributed by atoms with E-state index in [-0.39, 0.29) is 64.0 Å². The molecule has 5 saturated carbocycles. The van der Waals surface area contributed by atoms with Crippen molar-refractivity contribution >= 4 is 40.1 Å². The number of fused-ring (bicyclic) bond motifs is 1. The maximum atomic E-state index is 15.4. The molecule has 2 aliphatic heterocycles. The van der Waals surface area contributed by atoms with E-state index in [0.717, 1.165) is 102 Å². The van der Waals surface area contributed by atoms with Crippen LogP contribution in [0.5, 0.6) is 0 Å². The number of ketones is 1. The monoisotopic (exact) mass is 868 g/mol. The molecular formula is C49H81N5O6S. The summed E-state index contributed by atoms with van der Waals surface area (Å²) in [4.78, 5) is 77.1. The number of likely N-dealkylation sites (tertiary alicyclic amines) is 2. The van der Waals surface area contributed by atoms with Crippen LogP contribution in [0.4, 0.5) is 0 Å². The molecule has 4 amide bonds. The summed E-state index contributed by atoms with van der Waals surface area (Å²) in [7, 11) is -0.952. The zero-order valence-corrected chi connectivity index (χ0v) is 40.0. The second kappa shape index (κ2) is 17.7. The van der Waals surface area contributed by atoms with Crippen molar-refractivity contribution in [2.24, 2.45) is 38.9 Å². The summed E-state index contributed by atoms with van der Waals surface area (Å²) >= 11 is 0. The van der Waals surface area contributed by atoms with Crippen LogP contribution in [0.15, 0.2) is 0 Å². The SMILES string of the molecule is CCN1CCCC1C(=O)NC(C(=O)NC(C(=O)N1CC2(CC1C(=O)NC1(C(=O)CCC[S-](#[O+])CC3CCCC3)CC1(C)CC)C(C)(C)C21CCC1)C(C)(C)C)C1CCCCC1. The molecule has 61 heavy (non-hydrogen) atoms. The minimum absolute atomic E-state index is 0.00571. The Hall–Kier alpha value is -2.18. The molecular weight excluding hydrogens is 787 g/mol. The van der Waals surface area contributed by atoms with E-state index in [1.54, 1.807) is 4.90 Å². The number of likely N-dealkylation sites (N-methyl/N-ethyl adjacent to an activating group) is 1. The Kier molecular flexibility index (Phi) is 13.5. The van der Waals surface area contributed by atoms with E-state index in [4.69, 9.17) is 0 Å². The van der Waals surface area contributed by atoms with Gasteiger partial charge in [-0.25, -0.2) is 0 Å². The molecule has 7 rings (SSSR count). The first-order valence-electron chi connectivity index (χ1n) is 24.7. The number of carbonyl (C=O) groups excluding carboxylic acids is 5. The van der Waals surface area contributed by atoms with Gasteiger partial charge in [0, 0.05) is 0 Å². The zero-order valence-electron chi connectivity index (χ0n) is 39.2. The Morgan fingerprint density at radius 1 is 0.820 bits per heavy atom. The smallest absolute Gasteiger partial charge is 0.0587 e. The Labute approximate surface area is 369 Å². The molecule has 5 aliphatic carbocycles. The van der Waals surface area contributed by atoms with Crippen LogP contribution in [0.1, 0.15) is 177 Å². The van der Waals surface area contributed by atoms with Crippen LogP contribution in [-0.2, 0) is 38.7 Å². The zero-order chi connectivity index (χ0) is 44.2. The molecule has 2 saturated heterocycles. The van der Waals surface area contributed by atoms with Gasteiger partial charge in [-0.1, -0.05) is 67.2 Å². The van der Waals surface area contributed by atoms with Gasteiger partial charge in [-0.15, -0.1) is 0 Å². The maximum absolute atomic E-state index is 15.4. The van der Waals surface area contributed by atoms with Crippen LogP contribution in [0.3, 0.4) is 0 Å². The Balaban J connectivity index is 1.11. The molecule has 0 bridgehead atoms. The van der Waals surface area contributed by atoms with Gasteiger partial charge in [0.15, 0.2) is 0 Å². The summed E-state index contributed by atoms with van der Waals surface area (Å²) in [6, 6.07) is -2.72. The van der Waals surface area contributed by atoms with Crippen LogP contribution < -0.4 is 16.0 Å². The first kappa shape index (κ1) is 46.8. The van der Waals surface area contributed by atoms with Gasteiger partial charge in [-0.2, -0.15) is 0 Å². The number of Topliss-reactive ketones (excluding diaryl/α,β-unsaturated/α-hetero) is 1. The van der Waals surface area contributed by atoms with Gasteiger partial charge >= 0.3 is 192 Å². The van der Waals surface area contributed by atoms with Gasteiger partial charge < -0.3 is 10.6 Å². The molecule has 2 heterocycles. The summed E-state index contributed by atoms with van der Waals surface area (Å²) in [5.74, 6) is 0.769. The Morgan fingerprint density at radius 3 is 2.07 bits per heavy atom. The topological polar surface area (TPSA) is 148 Å². The fourth-order valence-corrected chi connectivity index (χ4v) is 15.3. The molecule has 0 radical (unpaired) electrons. The molecule has 7 unspecified atom stereocenters. The summed E-state index contributed by atoms with van der Waals surface area (Å²) in [6.07, 6.45) is 17.2. The van der Waals surface area contributed by atoms with Crippen molar-refractivity contribution in [1.29, 1.82) is 0 Å². The quantitative estimate of drug-likeness (QED) is 0.119. The Bertz CT molecular complexity index is 1770. The predicted molar refractivity (Wildman–Crippen MR) is 241 cm³/mol.